The fraction of sp³-hybridized carbons (Fsp3) is 0.200. The number of halogens is 1. The predicted molar refractivity (Wildman–Crippen MR) is 109 cm³/mol. The zero-order valence-electron chi connectivity index (χ0n) is 16.1. The average Bonchev–Trinajstić information content (AvgIpc) is 3.45. The van der Waals surface area contributed by atoms with Crippen LogP contribution in [0.1, 0.15) is 28.9 Å². The van der Waals surface area contributed by atoms with Gasteiger partial charge in [-0.3, -0.25) is 15.6 Å². The quantitative estimate of drug-likeness (QED) is 0.501. The molecule has 0 bridgehead atoms. The van der Waals surface area contributed by atoms with Gasteiger partial charge in [0.25, 0.3) is 5.91 Å². The molecule has 0 aliphatic heterocycles. The second-order valence-corrected chi connectivity index (χ2v) is 8.72. The van der Waals surface area contributed by atoms with Gasteiger partial charge in [-0.15, -0.1) is 0 Å². The molecule has 0 saturated heterocycles. The Balaban J connectivity index is 1.42. The van der Waals surface area contributed by atoms with E-state index in [4.69, 9.17) is 0 Å². The van der Waals surface area contributed by atoms with Crippen LogP contribution < -0.4 is 15.6 Å². The molecule has 30 heavy (non-hydrogen) atoms. The van der Waals surface area contributed by atoms with Crippen LogP contribution in [0.2, 0.25) is 0 Å². The number of nitrogens with one attached hydrogen (secondary N) is 3. The van der Waals surface area contributed by atoms with Crippen LogP contribution in [-0.2, 0) is 10.0 Å². The maximum Gasteiger partial charge on any atom is 0.273 e. The molecular formula is C20H20FN5O3S. The predicted octanol–water partition coefficient (Wildman–Crippen LogP) is 2.52. The number of para-hydroxylation sites is 1. The topological polar surface area (TPSA) is 105 Å². The molecule has 2 aromatic carbocycles. The molecule has 156 valence electrons. The largest absolute Gasteiger partial charge is 0.298 e. The summed E-state index contributed by atoms with van der Waals surface area (Å²) >= 11 is 0. The van der Waals surface area contributed by atoms with E-state index in [1.165, 1.54) is 29.1 Å². The number of hydrogen-bond acceptors (Lipinski definition) is 5. The Morgan fingerprint density at radius 1 is 1.13 bits per heavy atom. The molecule has 3 aromatic rings. The molecule has 8 nitrogen and oxygen atoms in total. The van der Waals surface area contributed by atoms with Gasteiger partial charge in [0.05, 0.1) is 28.0 Å². The number of sulfonamides is 1. The van der Waals surface area contributed by atoms with E-state index in [-0.39, 0.29) is 22.2 Å². The number of hydrazine groups is 1. The Labute approximate surface area is 173 Å². The van der Waals surface area contributed by atoms with E-state index < -0.39 is 21.7 Å². The van der Waals surface area contributed by atoms with E-state index in [0.717, 1.165) is 12.8 Å². The fourth-order valence-corrected chi connectivity index (χ4v) is 4.21. The van der Waals surface area contributed by atoms with Gasteiger partial charge in [-0.25, -0.2) is 22.2 Å². The van der Waals surface area contributed by atoms with Crippen molar-refractivity contribution in [2.45, 2.75) is 30.7 Å². The summed E-state index contributed by atoms with van der Waals surface area (Å²) in [6, 6.07) is 12.2. The summed E-state index contributed by atoms with van der Waals surface area (Å²) in [4.78, 5) is 12.7. The van der Waals surface area contributed by atoms with Crippen molar-refractivity contribution in [1.82, 2.24) is 19.9 Å². The number of carbonyl (C=O) groups excluding carboxylic acids is 1. The van der Waals surface area contributed by atoms with Crippen LogP contribution in [0, 0.1) is 12.7 Å². The second-order valence-electron chi connectivity index (χ2n) is 7.01. The Bertz CT molecular complexity index is 1190. The molecule has 1 amide bonds. The maximum absolute atomic E-state index is 14.0. The zero-order chi connectivity index (χ0) is 21.3. The molecule has 0 spiro atoms. The van der Waals surface area contributed by atoms with Gasteiger partial charge in [0, 0.05) is 6.04 Å². The molecule has 1 aliphatic carbocycles. The highest BCUT2D eigenvalue weighted by Gasteiger charge is 2.27. The lowest BCUT2D eigenvalue weighted by molar-refractivity contribution is 0.0962. The highest BCUT2D eigenvalue weighted by atomic mass is 32.2. The minimum atomic E-state index is -3.53. The summed E-state index contributed by atoms with van der Waals surface area (Å²) in [6.45, 7) is 1.67. The van der Waals surface area contributed by atoms with Crippen LogP contribution in [0.5, 0.6) is 0 Å². The highest BCUT2D eigenvalue weighted by Crippen LogP contribution is 2.23. The van der Waals surface area contributed by atoms with Crippen LogP contribution >= 0.6 is 0 Å². The van der Waals surface area contributed by atoms with Crippen molar-refractivity contribution < 1.29 is 17.6 Å². The van der Waals surface area contributed by atoms with E-state index >= 15 is 0 Å². The minimum Gasteiger partial charge on any atom is -0.298 e. The fourth-order valence-electron chi connectivity index (χ4n) is 2.90. The second kappa shape index (κ2) is 7.88. The van der Waals surface area contributed by atoms with Crippen molar-refractivity contribution >= 4 is 21.6 Å². The van der Waals surface area contributed by atoms with Crippen LogP contribution in [0.15, 0.2) is 59.6 Å². The van der Waals surface area contributed by atoms with Crippen LogP contribution in [0.25, 0.3) is 5.69 Å². The molecule has 0 unspecified atom stereocenters. The molecule has 3 N–H and O–H groups in total. The number of benzene rings is 2. The zero-order valence-corrected chi connectivity index (χ0v) is 16.9. The maximum atomic E-state index is 14.0. The number of amides is 1. The summed E-state index contributed by atoms with van der Waals surface area (Å²) in [5.41, 5.74) is 6.78. The first-order chi connectivity index (χ1) is 14.3. The normalized spacial score (nSPS) is 13.8. The van der Waals surface area contributed by atoms with Crippen LogP contribution in [-0.4, -0.2) is 30.1 Å². The first-order valence-corrected chi connectivity index (χ1v) is 10.8. The summed E-state index contributed by atoms with van der Waals surface area (Å²) in [7, 11) is -3.53. The van der Waals surface area contributed by atoms with Crippen molar-refractivity contribution in [2.75, 3.05) is 5.43 Å². The number of anilines is 1. The van der Waals surface area contributed by atoms with E-state index in [1.54, 1.807) is 37.3 Å². The van der Waals surface area contributed by atoms with Gasteiger partial charge in [-0.1, -0.05) is 12.1 Å². The summed E-state index contributed by atoms with van der Waals surface area (Å²) < 4.78 is 42.3. The van der Waals surface area contributed by atoms with Gasteiger partial charge >= 0.3 is 0 Å². The third kappa shape index (κ3) is 4.19. The monoisotopic (exact) mass is 429 g/mol. The van der Waals surface area contributed by atoms with Gasteiger partial charge in [-0.05, 0) is 56.2 Å². The average molecular weight is 429 g/mol. The van der Waals surface area contributed by atoms with Crippen molar-refractivity contribution in [3.63, 3.8) is 0 Å². The summed E-state index contributed by atoms with van der Waals surface area (Å²) in [5, 5.41) is 4.10. The Kier molecular flexibility index (Phi) is 5.27. The van der Waals surface area contributed by atoms with E-state index in [2.05, 4.69) is 20.7 Å². The molecule has 1 saturated carbocycles. The standard InChI is InChI=1S/C20H20FN5O3S/c1-13-17(12-22-26(13)19-5-3-2-4-18(19)21)20(27)24-23-14-8-10-16(11-9-14)30(28,29)25-15-6-7-15/h2-5,8-12,15,23,25H,6-7H2,1H3,(H,24,27). The third-order valence-electron chi connectivity index (χ3n) is 4.72. The number of nitrogens with zero attached hydrogens (tertiary/aromatic N) is 2. The summed E-state index contributed by atoms with van der Waals surface area (Å²) in [5.74, 6) is -0.901. The minimum absolute atomic E-state index is 0.0283. The molecule has 4 rings (SSSR count). The third-order valence-corrected chi connectivity index (χ3v) is 6.26. The SMILES string of the molecule is Cc1c(C(=O)NNc2ccc(S(=O)(=O)NC3CC3)cc2)cnn1-c1ccccc1F. The van der Waals surface area contributed by atoms with Crippen LogP contribution in [0.3, 0.4) is 0 Å². The van der Waals surface area contributed by atoms with Crippen molar-refractivity contribution in [3.8, 4) is 5.69 Å². The molecule has 1 aromatic heterocycles. The highest BCUT2D eigenvalue weighted by molar-refractivity contribution is 7.89. The number of aromatic nitrogens is 2. The molecular weight excluding hydrogens is 409 g/mol. The molecule has 10 heteroatoms. The first-order valence-electron chi connectivity index (χ1n) is 9.33. The first kappa shape index (κ1) is 20.0. The Hall–Kier alpha value is -3.24. The van der Waals surface area contributed by atoms with Gasteiger partial charge in [0.2, 0.25) is 10.0 Å². The summed E-state index contributed by atoms with van der Waals surface area (Å²) in [6.07, 6.45) is 3.08. The van der Waals surface area contributed by atoms with Gasteiger partial charge in [-0.2, -0.15) is 5.10 Å². The van der Waals surface area contributed by atoms with Crippen molar-refractivity contribution in [1.29, 1.82) is 0 Å². The number of hydrogen-bond donors (Lipinski definition) is 3. The van der Waals surface area contributed by atoms with Gasteiger partial charge in [0.15, 0.2) is 0 Å². The lowest BCUT2D eigenvalue weighted by Crippen LogP contribution is -2.30. The molecule has 1 heterocycles. The molecule has 0 atom stereocenters. The van der Waals surface area contributed by atoms with E-state index in [0.29, 0.717) is 11.4 Å². The van der Waals surface area contributed by atoms with Gasteiger partial charge in [0.1, 0.15) is 11.5 Å². The number of rotatable bonds is 7. The van der Waals surface area contributed by atoms with E-state index in [1.807, 2.05) is 0 Å². The Morgan fingerprint density at radius 3 is 2.50 bits per heavy atom. The molecule has 1 fully saturated rings. The van der Waals surface area contributed by atoms with Crippen molar-refractivity contribution in [3.05, 3.63) is 71.8 Å². The van der Waals surface area contributed by atoms with Crippen LogP contribution in [0.4, 0.5) is 10.1 Å². The lowest BCUT2D eigenvalue weighted by Gasteiger charge is -2.10. The van der Waals surface area contributed by atoms with E-state index in [9.17, 15) is 17.6 Å². The molecule has 1 aliphatic rings. The lowest BCUT2D eigenvalue weighted by atomic mass is 10.2. The number of carbonyl (C=O) groups is 1. The van der Waals surface area contributed by atoms with Gasteiger partial charge < -0.3 is 0 Å². The molecule has 0 radical (unpaired) electrons. The Morgan fingerprint density at radius 2 is 1.83 bits per heavy atom. The van der Waals surface area contributed by atoms with Crippen molar-refractivity contribution in [2.24, 2.45) is 0 Å². The smallest absolute Gasteiger partial charge is 0.273 e.